The highest BCUT2D eigenvalue weighted by Crippen LogP contribution is 2.42. The van der Waals surface area contributed by atoms with E-state index in [4.69, 9.17) is 26.2 Å². The fourth-order valence-electron chi connectivity index (χ4n) is 5.24. The van der Waals surface area contributed by atoms with E-state index in [-0.39, 0.29) is 0 Å². The minimum atomic E-state index is -5.19. The van der Waals surface area contributed by atoms with Gasteiger partial charge in [-0.15, -0.1) is 0 Å². The number of halogens is 5. The normalized spacial score (nSPS) is 22.0. The van der Waals surface area contributed by atoms with Crippen LogP contribution in [0.1, 0.15) is 25.7 Å². The molecule has 0 radical (unpaired) electrons. The van der Waals surface area contributed by atoms with Crippen LogP contribution in [0, 0.1) is 11.7 Å². The molecule has 2 bridgehead atoms. The maximum atomic E-state index is 14.7. The molecule has 2 aliphatic heterocycles. The van der Waals surface area contributed by atoms with Crippen molar-refractivity contribution in [3.63, 3.8) is 0 Å². The molecule has 1 amide bonds. The Bertz CT molecular complexity index is 1130. The fraction of sp³-hybridized carbons (Fsp3) is 0.462. The molecule has 0 aromatic heterocycles. The molecule has 0 unspecified atom stereocenters. The van der Waals surface area contributed by atoms with Crippen LogP contribution < -0.4 is 10.0 Å². The van der Waals surface area contributed by atoms with Gasteiger partial charge < -0.3 is 19.1 Å². The van der Waals surface area contributed by atoms with Gasteiger partial charge in [0.2, 0.25) is 0 Å². The van der Waals surface area contributed by atoms with Crippen LogP contribution in [-0.4, -0.2) is 62.6 Å². The number of ether oxygens (including phenoxy) is 1. The number of fused-ring (bicyclic) bond motifs is 2. The number of benzene rings is 2. The Balaban J connectivity index is 0.000000479. The van der Waals surface area contributed by atoms with E-state index in [0.717, 1.165) is 17.3 Å². The summed E-state index contributed by atoms with van der Waals surface area (Å²) >= 11 is 6.10. The lowest BCUT2D eigenvalue weighted by Crippen LogP contribution is -2.55. The Labute approximate surface area is 218 Å². The first-order valence-corrected chi connectivity index (χ1v) is 12.2. The second kappa shape index (κ2) is 11.3. The molecule has 37 heavy (non-hydrogen) atoms. The zero-order valence-electron chi connectivity index (χ0n) is 20.7. The number of alkyl halides is 3. The summed E-state index contributed by atoms with van der Waals surface area (Å²) in [6, 6.07) is 13.0. The Morgan fingerprint density at radius 1 is 1.11 bits per heavy atom. The van der Waals surface area contributed by atoms with E-state index in [1.54, 1.807) is 43.4 Å². The number of aliphatic carboxylic acids is 1. The molecule has 2 heterocycles. The van der Waals surface area contributed by atoms with Gasteiger partial charge in [0.15, 0.2) is 0 Å². The molecule has 0 aliphatic carbocycles. The zero-order chi connectivity index (χ0) is 27.5. The maximum absolute atomic E-state index is 14.7. The number of hydrogen-bond donors (Lipinski definition) is 0. The van der Waals surface area contributed by atoms with Gasteiger partial charge in [0.1, 0.15) is 11.8 Å². The van der Waals surface area contributed by atoms with Crippen LogP contribution in [0.15, 0.2) is 42.5 Å². The summed E-state index contributed by atoms with van der Waals surface area (Å²) in [4.78, 5) is 23.0. The summed E-state index contributed by atoms with van der Waals surface area (Å²) in [5.41, 5.74) is 1.43. The number of carbonyl (C=O) groups is 2. The van der Waals surface area contributed by atoms with Crippen LogP contribution in [0.25, 0.3) is 11.1 Å². The van der Waals surface area contributed by atoms with Crippen molar-refractivity contribution in [2.24, 2.45) is 5.92 Å². The number of quaternary nitrogens is 1. The molecule has 11 heteroatoms. The summed E-state index contributed by atoms with van der Waals surface area (Å²) in [5.74, 6) is -3.02. The molecule has 0 saturated carbocycles. The van der Waals surface area contributed by atoms with Gasteiger partial charge in [-0.2, -0.15) is 13.2 Å². The van der Waals surface area contributed by atoms with Gasteiger partial charge >= 0.3 is 12.3 Å². The topological polar surface area (TPSA) is 69.7 Å². The molecule has 2 saturated heterocycles. The van der Waals surface area contributed by atoms with E-state index in [9.17, 15) is 22.4 Å². The first-order valence-electron chi connectivity index (χ1n) is 11.8. The van der Waals surface area contributed by atoms with E-state index in [1.165, 1.54) is 23.8 Å². The third kappa shape index (κ3) is 6.73. The minimum absolute atomic E-state index is 0.342. The van der Waals surface area contributed by atoms with Crippen molar-refractivity contribution in [3.8, 4) is 11.1 Å². The zero-order valence-corrected chi connectivity index (χ0v) is 21.5. The first kappa shape index (κ1) is 28.7. The van der Waals surface area contributed by atoms with Crippen molar-refractivity contribution in [1.29, 1.82) is 0 Å². The first-order chi connectivity index (χ1) is 17.2. The van der Waals surface area contributed by atoms with Gasteiger partial charge in [-0.1, -0.05) is 29.8 Å². The molecule has 202 valence electrons. The van der Waals surface area contributed by atoms with Crippen molar-refractivity contribution < 1.29 is 41.5 Å². The highest BCUT2D eigenvalue weighted by atomic mass is 35.5. The Morgan fingerprint density at radius 3 is 2.22 bits per heavy atom. The van der Waals surface area contributed by atoms with Crippen molar-refractivity contribution in [2.45, 2.75) is 43.9 Å². The number of carbonyl (C=O) groups excluding carboxylic acids is 2. The number of anilines is 1. The van der Waals surface area contributed by atoms with E-state index in [1.807, 2.05) is 0 Å². The third-order valence-corrected chi connectivity index (χ3v) is 7.58. The fourth-order valence-corrected chi connectivity index (χ4v) is 5.43. The Morgan fingerprint density at radius 2 is 1.68 bits per heavy atom. The molecule has 2 fully saturated rings. The molecule has 0 N–H and O–H groups in total. The quantitative estimate of drug-likeness (QED) is 0.400. The minimum Gasteiger partial charge on any atom is -0.542 e. The van der Waals surface area contributed by atoms with Gasteiger partial charge in [-0.3, -0.25) is 4.90 Å². The van der Waals surface area contributed by atoms with Crippen LogP contribution in [0.5, 0.6) is 0 Å². The molecule has 2 aromatic rings. The van der Waals surface area contributed by atoms with Gasteiger partial charge in [0.05, 0.1) is 38.5 Å². The molecule has 4 rings (SSSR count). The van der Waals surface area contributed by atoms with E-state index >= 15 is 0 Å². The summed E-state index contributed by atoms with van der Waals surface area (Å²) in [6.07, 6.45) is -0.957. The van der Waals surface area contributed by atoms with E-state index in [0.29, 0.717) is 46.4 Å². The monoisotopic (exact) mass is 544 g/mol. The molecule has 2 aromatic carbocycles. The number of piperidine rings is 1. The van der Waals surface area contributed by atoms with E-state index in [2.05, 4.69) is 14.1 Å². The lowest BCUT2D eigenvalue weighted by atomic mass is 9.90. The standard InChI is InChI=1S/C24H29ClFN2O2.C2HF3O2/c1-27(22-9-5-8-21(26)23(22)17-6-4-7-18(25)14-17)24(29)30-15-16-12-19-10-11-20(13-16)28(19,2)3;3-2(4,5)1(6)7/h4-9,14,16,19-20H,10-13,15H2,1-3H3;(H,6,7)/q+1;/p-1/t16-,19+,20-;. The summed E-state index contributed by atoms with van der Waals surface area (Å²) in [5, 5.41) is 9.30. The van der Waals surface area contributed by atoms with Crippen molar-refractivity contribution in [1.82, 2.24) is 0 Å². The average Bonchev–Trinajstić information content (AvgIpc) is 2.98. The maximum Gasteiger partial charge on any atom is 0.430 e. The van der Waals surface area contributed by atoms with Crippen LogP contribution in [-0.2, 0) is 9.53 Å². The highest BCUT2D eigenvalue weighted by molar-refractivity contribution is 6.30. The lowest BCUT2D eigenvalue weighted by Gasteiger charge is -2.44. The highest BCUT2D eigenvalue weighted by Gasteiger charge is 2.49. The second-order valence-corrected chi connectivity index (χ2v) is 10.4. The number of hydrogen-bond acceptors (Lipinski definition) is 4. The van der Waals surface area contributed by atoms with Crippen LogP contribution in [0.4, 0.5) is 28.0 Å². The number of carboxylic acid groups (broad SMARTS) is 1. The third-order valence-electron chi connectivity index (χ3n) is 7.34. The van der Waals surface area contributed by atoms with Crippen molar-refractivity contribution in [3.05, 3.63) is 53.3 Å². The van der Waals surface area contributed by atoms with Crippen molar-refractivity contribution >= 4 is 29.4 Å². The lowest BCUT2D eigenvalue weighted by molar-refractivity contribution is -0.931. The predicted molar refractivity (Wildman–Crippen MR) is 129 cm³/mol. The van der Waals surface area contributed by atoms with E-state index < -0.39 is 24.1 Å². The number of carboxylic acids is 1. The van der Waals surface area contributed by atoms with Gasteiger partial charge in [-0.25, -0.2) is 9.18 Å². The second-order valence-electron chi connectivity index (χ2n) is 9.92. The molecule has 0 spiro atoms. The van der Waals surface area contributed by atoms with Crippen molar-refractivity contribution in [2.75, 3.05) is 32.6 Å². The van der Waals surface area contributed by atoms with Crippen LogP contribution in [0.3, 0.4) is 0 Å². The Hall–Kier alpha value is -2.85. The summed E-state index contributed by atoms with van der Waals surface area (Å²) in [7, 11) is 6.26. The molecular weight excluding hydrogens is 516 g/mol. The molecular formula is C26H29ClF4N2O4. The molecule has 6 nitrogen and oxygen atoms in total. The molecule has 2 aliphatic rings. The molecule has 3 atom stereocenters. The summed E-state index contributed by atoms with van der Waals surface area (Å²) < 4.78 is 53.0. The van der Waals surface area contributed by atoms with Gasteiger partial charge in [-0.05, 0) is 29.8 Å². The Kier molecular flexibility index (Phi) is 8.74. The predicted octanol–water partition coefficient (Wildman–Crippen LogP) is 5.03. The SMILES string of the molecule is CN(C(=O)OC[C@H]1C[C@H]2CC[C@@H](C1)[N+]2(C)C)c1cccc(F)c1-c1cccc(Cl)c1.O=C([O-])C(F)(F)F. The van der Waals surface area contributed by atoms with Crippen LogP contribution in [0.2, 0.25) is 5.02 Å². The number of nitrogens with zero attached hydrogens (tertiary/aromatic N) is 2. The van der Waals surface area contributed by atoms with Gasteiger partial charge in [0.25, 0.3) is 0 Å². The van der Waals surface area contributed by atoms with Crippen LogP contribution >= 0.6 is 11.6 Å². The largest absolute Gasteiger partial charge is 0.542 e. The average molecular weight is 545 g/mol. The number of amides is 1. The number of rotatable bonds is 4. The smallest absolute Gasteiger partial charge is 0.430 e. The van der Waals surface area contributed by atoms with Gasteiger partial charge in [0, 0.05) is 49.2 Å². The summed E-state index contributed by atoms with van der Waals surface area (Å²) in [6.45, 7) is 0.415.